The van der Waals surface area contributed by atoms with E-state index in [2.05, 4.69) is 21.2 Å². The molecule has 0 fully saturated rings. The molecule has 0 radical (unpaired) electrons. The Kier molecular flexibility index (Phi) is 4.82. The number of hydrogen-bond donors (Lipinski definition) is 1. The first-order valence-electron chi connectivity index (χ1n) is 5.59. The predicted molar refractivity (Wildman–Crippen MR) is 85.2 cm³/mol. The van der Waals surface area contributed by atoms with Gasteiger partial charge in [0, 0.05) is 9.50 Å². The van der Waals surface area contributed by atoms with Gasteiger partial charge in [-0.2, -0.15) is 0 Å². The molecule has 0 aromatic heterocycles. The minimum atomic E-state index is -0.690. The molecule has 0 atom stereocenters. The first-order valence-corrected chi connectivity index (χ1v) is 7.14. The van der Waals surface area contributed by atoms with Gasteiger partial charge in [0.1, 0.15) is 10.6 Å². The lowest BCUT2D eigenvalue weighted by Gasteiger charge is -2.08. The fraction of sp³-hybridized carbons (Fsp3) is 0. The summed E-state index contributed by atoms with van der Waals surface area (Å²) in [4.78, 5) is 22.6. The second-order valence-electron chi connectivity index (χ2n) is 3.97. The molecule has 1 amide bonds. The number of nitrogens with one attached hydrogen (secondary N) is 1. The molecule has 0 bridgehead atoms. The van der Waals surface area contributed by atoms with E-state index in [0.29, 0.717) is 15.2 Å². The van der Waals surface area contributed by atoms with E-state index < -0.39 is 16.5 Å². The van der Waals surface area contributed by atoms with Gasteiger partial charge in [-0.05, 0) is 46.3 Å². The molecule has 2 rings (SSSR count). The van der Waals surface area contributed by atoms with Crippen molar-refractivity contribution in [2.24, 2.45) is 0 Å². The second kappa shape index (κ2) is 6.43. The fourth-order valence-electron chi connectivity index (χ4n) is 1.67. The summed E-state index contributed by atoms with van der Waals surface area (Å²) in [6.07, 6.45) is 0. The van der Waals surface area contributed by atoms with Crippen molar-refractivity contribution in [2.45, 2.75) is 0 Å². The van der Waals surface area contributed by atoms with Crippen LogP contribution in [0.5, 0.6) is 0 Å². The van der Waals surface area contributed by atoms with E-state index in [-0.39, 0.29) is 10.6 Å². The number of nitrogens with zero attached hydrogens (tertiary/aromatic N) is 1. The molecule has 108 valence electrons. The second-order valence-corrected chi connectivity index (χ2v) is 5.67. The van der Waals surface area contributed by atoms with E-state index in [1.165, 1.54) is 24.3 Å². The number of nitro benzene ring substituents is 1. The molecule has 8 heteroatoms. The van der Waals surface area contributed by atoms with Crippen molar-refractivity contribution in [3.05, 3.63) is 66.6 Å². The van der Waals surface area contributed by atoms with Crippen molar-refractivity contribution in [3.63, 3.8) is 0 Å². The van der Waals surface area contributed by atoms with Gasteiger partial charge in [-0.15, -0.1) is 0 Å². The van der Waals surface area contributed by atoms with Crippen LogP contribution in [0.4, 0.5) is 11.4 Å². The molecule has 0 spiro atoms. The van der Waals surface area contributed by atoms with Crippen molar-refractivity contribution >= 4 is 56.4 Å². The molecule has 0 saturated heterocycles. The summed E-state index contributed by atoms with van der Waals surface area (Å²) in [5.74, 6) is -0.646. The number of carbonyl (C=O) groups is 1. The van der Waals surface area contributed by atoms with Gasteiger partial charge in [-0.25, -0.2) is 0 Å². The topological polar surface area (TPSA) is 72.2 Å². The van der Waals surface area contributed by atoms with Crippen LogP contribution in [0.3, 0.4) is 0 Å². The average molecular weight is 390 g/mol. The van der Waals surface area contributed by atoms with Crippen LogP contribution < -0.4 is 5.32 Å². The summed E-state index contributed by atoms with van der Waals surface area (Å²) in [5.41, 5.74) is -0.157. The largest absolute Gasteiger partial charge is 0.321 e. The molecule has 2 aromatic carbocycles. The summed E-state index contributed by atoms with van der Waals surface area (Å²) in [6, 6.07) is 8.98. The number of carbonyl (C=O) groups excluding carboxylic acids is 1. The zero-order valence-electron chi connectivity index (χ0n) is 10.3. The third kappa shape index (κ3) is 3.53. The highest BCUT2D eigenvalue weighted by Crippen LogP contribution is 2.30. The number of rotatable bonds is 3. The standard InChI is InChI=1S/C13H7BrCl2N2O3/c14-9-5-4-7(15)6-11(9)17-13(19)8-2-1-3-10(16)12(8)18(20)21/h1-6H,(H,17,19). The van der Waals surface area contributed by atoms with Gasteiger partial charge in [0.25, 0.3) is 5.91 Å². The maximum atomic E-state index is 12.2. The van der Waals surface area contributed by atoms with E-state index in [4.69, 9.17) is 23.2 Å². The van der Waals surface area contributed by atoms with Crippen molar-refractivity contribution < 1.29 is 9.72 Å². The van der Waals surface area contributed by atoms with E-state index >= 15 is 0 Å². The lowest BCUT2D eigenvalue weighted by atomic mass is 10.1. The van der Waals surface area contributed by atoms with Crippen LogP contribution in [0.15, 0.2) is 40.9 Å². The normalized spacial score (nSPS) is 10.2. The van der Waals surface area contributed by atoms with Crippen LogP contribution in [-0.2, 0) is 0 Å². The van der Waals surface area contributed by atoms with Gasteiger partial charge in [0.05, 0.1) is 10.6 Å². The highest BCUT2D eigenvalue weighted by molar-refractivity contribution is 9.10. The number of benzene rings is 2. The quantitative estimate of drug-likeness (QED) is 0.598. The Hall–Kier alpha value is -1.63. The summed E-state index contributed by atoms with van der Waals surface area (Å²) in [5, 5.41) is 13.9. The van der Waals surface area contributed by atoms with Crippen molar-refractivity contribution in [3.8, 4) is 0 Å². The third-order valence-corrected chi connectivity index (χ3v) is 3.82. The Morgan fingerprint density at radius 3 is 2.62 bits per heavy atom. The van der Waals surface area contributed by atoms with E-state index in [1.807, 2.05) is 0 Å². The molecular weight excluding hydrogens is 383 g/mol. The molecule has 0 heterocycles. The molecule has 0 aliphatic carbocycles. The fourth-order valence-corrected chi connectivity index (χ4v) is 2.43. The van der Waals surface area contributed by atoms with Crippen molar-refractivity contribution in [2.75, 3.05) is 5.32 Å². The van der Waals surface area contributed by atoms with Crippen LogP contribution in [0.25, 0.3) is 0 Å². The van der Waals surface area contributed by atoms with Gasteiger partial charge in [0.2, 0.25) is 0 Å². The Morgan fingerprint density at radius 2 is 1.95 bits per heavy atom. The third-order valence-electron chi connectivity index (χ3n) is 2.59. The van der Waals surface area contributed by atoms with E-state index in [1.54, 1.807) is 12.1 Å². The van der Waals surface area contributed by atoms with Gasteiger partial charge < -0.3 is 5.32 Å². The first kappa shape index (κ1) is 15.8. The van der Waals surface area contributed by atoms with Crippen molar-refractivity contribution in [1.29, 1.82) is 0 Å². The van der Waals surface area contributed by atoms with Crippen LogP contribution in [0.1, 0.15) is 10.4 Å². The number of halogens is 3. The number of anilines is 1. The Labute approximate surface area is 138 Å². The molecule has 0 saturated carbocycles. The zero-order chi connectivity index (χ0) is 15.6. The van der Waals surface area contributed by atoms with Gasteiger partial charge in [-0.3, -0.25) is 14.9 Å². The molecule has 0 unspecified atom stereocenters. The Morgan fingerprint density at radius 1 is 1.24 bits per heavy atom. The lowest BCUT2D eigenvalue weighted by Crippen LogP contribution is -2.14. The first-order chi connectivity index (χ1) is 9.90. The van der Waals surface area contributed by atoms with Gasteiger partial charge in [-0.1, -0.05) is 29.3 Å². The van der Waals surface area contributed by atoms with Crippen LogP contribution in [0, 0.1) is 10.1 Å². The van der Waals surface area contributed by atoms with Gasteiger partial charge >= 0.3 is 5.69 Å². The monoisotopic (exact) mass is 388 g/mol. The number of para-hydroxylation sites is 1. The summed E-state index contributed by atoms with van der Waals surface area (Å²) in [6.45, 7) is 0. The lowest BCUT2D eigenvalue weighted by molar-refractivity contribution is -0.385. The predicted octanol–water partition coefficient (Wildman–Crippen LogP) is 4.92. The smallest absolute Gasteiger partial charge is 0.300 e. The highest BCUT2D eigenvalue weighted by Gasteiger charge is 2.24. The van der Waals surface area contributed by atoms with E-state index in [0.717, 1.165) is 0 Å². The summed E-state index contributed by atoms with van der Waals surface area (Å²) >= 11 is 14.9. The van der Waals surface area contributed by atoms with Crippen LogP contribution >= 0.6 is 39.1 Å². The summed E-state index contributed by atoms with van der Waals surface area (Å²) < 4.78 is 0.602. The Bertz CT molecular complexity index is 737. The van der Waals surface area contributed by atoms with Gasteiger partial charge in [0.15, 0.2) is 0 Å². The molecule has 0 aliphatic rings. The number of nitro groups is 1. The molecule has 5 nitrogen and oxygen atoms in total. The molecule has 1 N–H and O–H groups in total. The minimum absolute atomic E-state index is 0.0993. The minimum Gasteiger partial charge on any atom is -0.321 e. The highest BCUT2D eigenvalue weighted by atomic mass is 79.9. The maximum Gasteiger partial charge on any atom is 0.300 e. The van der Waals surface area contributed by atoms with E-state index in [9.17, 15) is 14.9 Å². The molecule has 0 aliphatic heterocycles. The zero-order valence-corrected chi connectivity index (χ0v) is 13.4. The number of hydrogen-bond acceptors (Lipinski definition) is 3. The van der Waals surface area contributed by atoms with Crippen molar-refractivity contribution in [1.82, 2.24) is 0 Å². The SMILES string of the molecule is O=C(Nc1cc(Cl)ccc1Br)c1cccc(Cl)c1[N+](=O)[O-]. The number of amides is 1. The molecule has 2 aromatic rings. The van der Waals surface area contributed by atoms with Crippen LogP contribution in [0.2, 0.25) is 10.0 Å². The maximum absolute atomic E-state index is 12.2. The molecular formula is C13H7BrCl2N2O3. The van der Waals surface area contributed by atoms with Crippen LogP contribution in [-0.4, -0.2) is 10.8 Å². The Balaban J connectivity index is 2.40. The average Bonchev–Trinajstić information content (AvgIpc) is 2.42. The summed E-state index contributed by atoms with van der Waals surface area (Å²) in [7, 11) is 0. The molecule has 21 heavy (non-hydrogen) atoms.